The van der Waals surface area contributed by atoms with Crippen molar-refractivity contribution < 1.29 is 4.79 Å². The van der Waals surface area contributed by atoms with E-state index in [0.29, 0.717) is 19.1 Å². The molecule has 3 aromatic rings. The van der Waals surface area contributed by atoms with E-state index in [1.807, 2.05) is 23.1 Å². The molecule has 3 nitrogen and oxygen atoms in total. The summed E-state index contributed by atoms with van der Waals surface area (Å²) in [6.45, 7) is 1.34. The first-order chi connectivity index (χ1) is 12.8. The van der Waals surface area contributed by atoms with Crippen LogP contribution in [0.25, 0.3) is 10.8 Å². The highest BCUT2D eigenvalue weighted by Gasteiger charge is 2.32. The number of urea groups is 1. The summed E-state index contributed by atoms with van der Waals surface area (Å²) < 4.78 is 0. The number of fused-ring (bicyclic) bond motifs is 1. The largest absolute Gasteiger partial charge is 0.338 e. The average molecular weight is 344 g/mol. The van der Waals surface area contributed by atoms with E-state index in [4.69, 9.17) is 0 Å². The molecule has 0 spiro atoms. The maximum absolute atomic E-state index is 12.7. The van der Waals surface area contributed by atoms with Crippen LogP contribution in [0, 0.1) is 0 Å². The molecule has 0 aliphatic heterocycles. The fourth-order valence-corrected chi connectivity index (χ4v) is 3.45. The third kappa shape index (κ3) is 3.88. The van der Waals surface area contributed by atoms with Gasteiger partial charge < -0.3 is 10.2 Å². The van der Waals surface area contributed by atoms with Gasteiger partial charge in [0.05, 0.1) is 0 Å². The van der Waals surface area contributed by atoms with Crippen LogP contribution in [-0.2, 0) is 13.0 Å². The lowest BCUT2D eigenvalue weighted by atomic mass is 10.0. The fourth-order valence-electron chi connectivity index (χ4n) is 3.45. The molecular weight excluding hydrogens is 320 g/mol. The predicted octanol–water partition coefficient (Wildman–Crippen LogP) is 4.76. The number of hydrogen-bond acceptors (Lipinski definition) is 1. The third-order valence-electron chi connectivity index (χ3n) is 4.99. The molecule has 4 rings (SSSR count). The monoisotopic (exact) mass is 344 g/mol. The van der Waals surface area contributed by atoms with Crippen LogP contribution in [-0.4, -0.2) is 23.5 Å². The lowest BCUT2D eigenvalue weighted by Crippen LogP contribution is -2.41. The van der Waals surface area contributed by atoms with Crippen molar-refractivity contribution in [1.82, 2.24) is 10.2 Å². The minimum absolute atomic E-state index is 0.0524. The van der Waals surface area contributed by atoms with Crippen molar-refractivity contribution in [3.63, 3.8) is 0 Å². The molecule has 1 saturated carbocycles. The minimum Gasteiger partial charge on any atom is -0.338 e. The third-order valence-corrected chi connectivity index (χ3v) is 4.99. The molecule has 3 aromatic carbocycles. The highest BCUT2D eigenvalue weighted by atomic mass is 16.2. The first-order valence-corrected chi connectivity index (χ1v) is 9.36. The molecular formula is C23H24N2O. The molecule has 0 aromatic heterocycles. The fraction of sp³-hybridized carbons (Fsp3) is 0.261. The highest BCUT2D eigenvalue weighted by molar-refractivity contribution is 5.85. The summed E-state index contributed by atoms with van der Waals surface area (Å²) >= 11 is 0. The molecule has 2 amide bonds. The summed E-state index contributed by atoms with van der Waals surface area (Å²) in [6.07, 6.45) is 3.07. The van der Waals surface area contributed by atoms with Crippen LogP contribution in [0.3, 0.4) is 0 Å². The number of carbonyl (C=O) groups is 1. The van der Waals surface area contributed by atoms with Gasteiger partial charge in [-0.3, -0.25) is 0 Å². The topological polar surface area (TPSA) is 32.3 Å². The van der Waals surface area contributed by atoms with E-state index in [-0.39, 0.29) is 6.03 Å². The maximum atomic E-state index is 12.7. The quantitative estimate of drug-likeness (QED) is 0.687. The van der Waals surface area contributed by atoms with Gasteiger partial charge in [0.2, 0.25) is 0 Å². The Labute approximate surface area is 154 Å². The molecule has 132 valence electrons. The van der Waals surface area contributed by atoms with Gasteiger partial charge >= 0.3 is 6.03 Å². The molecule has 1 fully saturated rings. The van der Waals surface area contributed by atoms with E-state index in [0.717, 1.165) is 19.3 Å². The summed E-state index contributed by atoms with van der Waals surface area (Å²) in [6, 6.07) is 25.5. The van der Waals surface area contributed by atoms with Crippen LogP contribution in [0.2, 0.25) is 0 Å². The molecule has 1 N–H and O–H groups in total. The number of nitrogens with zero attached hydrogens (tertiary/aromatic N) is 1. The Morgan fingerprint density at radius 2 is 1.65 bits per heavy atom. The van der Waals surface area contributed by atoms with Crippen molar-refractivity contribution in [3.05, 3.63) is 83.9 Å². The van der Waals surface area contributed by atoms with Crippen LogP contribution in [0.1, 0.15) is 24.0 Å². The number of rotatable bonds is 6. The molecule has 0 heterocycles. The number of carbonyl (C=O) groups excluding carboxylic acids is 1. The summed E-state index contributed by atoms with van der Waals surface area (Å²) in [5, 5.41) is 5.65. The van der Waals surface area contributed by atoms with Crippen molar-refractivity contribution in [1.29, 1.82) is 0 Å². The van der Waals surface area contributed by atoms with Gasteiger partial charge in [0, 0.05) is 19.1 Å². The molecule has 1 aliphatic carbocycles. The van der Waals surface area contributed by atoms with Crippen LogP contribution >= 0.6 is 0 Å². The average Bonchev–Trinajstić information content (AvgIpc) is 3.52. The second-order valence-electron chi connectivity index (χ2n) is 6.96. The minimum atomic E-state index is 0.0524. The summed E-state index contributed by atoms with van der Waals surface area (Å²) in [5.41, 5.74) is 2.47. The molecule has 0 unspecified atom stereocenters. The van der Waals surface area contributed by atoms with Crippen LogP contribution in [0.4, 0.5) is 4.79 Å². The van der Waals surface area contributed by atoms with Gasteiger partial charge in [-0.25, -0.2) is 4.79 Å². The predicted molar refractivity (Wildman–Crippen MR) is 106 cm³/mol. The number of nitrogens with one attached hydrogen (secondary N) is 1. The van der Waals surface area contributed by atoms with Crippen molar-refractivity contribution in [2.45, 2.75) is 31.8 Å². The second kappa shape index (κ2) is 7.61. The van der Waals surface area contributed by atoms with E-state index in [9.17, 15) is 4.79 Å². The van der Waals surface area contributed by atoms with E-state index < -0.39 is 0 Å². The van der Waals surface area contributed by atoms with Gasteiger partial charge in [-0.15, -0.1) is 0 Å². The van der Waals surface area contributed by atoms with Crippen LogP contribution < -0.4 is 5.32 Å². The van der Waals surface area contributed by atoms with Crippen molar-refractivity contribution in [2.24, 2.45) is 0 Å². The smallest absolute Gasteiger partial charge is 0.317 e. The van der Waals surface area contributed by atoms with E-state index in [1.54, 1.807) is 0 Å². The Kier molecular flexibility index (Phi) is 4.87. The SMILES string of the molecule is O=C(NCCc1cccc2ccccc12)N(Cc1ccccc1)C1CC1. The van der Waals surface area contributed by atoms with Gasteiger partial charge in [-0.1, -0.05) is 72.8 Å². The zero-order valence-corrected chi connectivity index (χ0v) is 14.9. The van der Waals surface area contributed by atoms with Crippen molar-refractivity contribution >= 4 is 16.8 Å². The Balaban J connectivity index is 1.38. The summed E-state index contributed by atoms with van der Waals surface area (Å²) in [5.74, 6) is 0. The zero-order chi connectivity index (χ0) is 17.8. The van der Waals surface area contributed by atoms with Gasteiger partial charge in [0.1, 0.15) is 0 Å². The van der Waals surface area contributed by atoms with Gasteiger partial charge in [0.15, 0.2) is 0 Å². The van der Waals surface area contributed by atoms with Crippen molar-refractivity contribution in [2.75, 3.05) is 6.54 Å². The van der Waals surface area contributed by atoms with E-state index in [2.05, 4.69) is 59.9 Å². The van der Waals surface area contributed by atoms with Crippen molar-refractivity contribution in [3.8, 4) is 0 Å². The Bertz CT molecular complexity index is 882. The molecule has 0 saturated heterocycles. The summed E-state index contributed by atoms with van der Waals surface area (Å²) in [7, 11) is 0. The normalized spacial score (nSPS) is 13.5. The van der Waals surface area contributed by atoms with E-state index in [1.165, 1.54) is 21.9 Å². The summed E-state index contributed by atoms with van der Waals surface area (Å²) in [4.78, 5) is 14.7. The van der Waals surface area contributed by atoms with Crippen LogP contribution in [0.5, 0.6) is 0 Å². The first kappa shape index (κ1) is 16.6. The molecule has 1 aliphatic rings. The lowest BCUT2D eigenvalue weighted by molar-refractivity contribution is 0.192. The molecule has 0 bridgehead atoms. The lowest BCUT2D eigenvalue weighted by Gasteiger charge is -2.23. The molecule has 3 heteroatoms. The molecule has 26 heavy (non-hydrogen) atoms. The first-order valence-electron chi connectivity index (χ1n) is 9.36. The van der Waals surface area contributed by atoms with Gasteiger partial charge in [-0.2, -0.15) is 0 Å². The number of amides is 2. The Hall–Kier alpha value is -2.81. The molecule has 0 atom stereocenters. The zero-order valence-electron chi connectivity index (χ0n) is 14.9. The molecule has 0 radical (unpaired) electrons. The van der Waals surface area contributed by atoms with Crippen LogP contribution in [0.15, 0.2) is 72.8 Å². The highest BCUT2D eigenvalue weighted by Crippen LogP contribution is 2.28. The van der Waals surface area contributed by atoms with Gasteiger partial charge in [-0.05, 0) is 41.2 Å². The second-order valence-corrected chi connectivity index (χ2v) is 6.96. The van der Waals surface area contributed by atoms with Gasteiger partial charge in [0.25, 0.3) is 0 Å². The standard InChI is InChI=1S/C23H24N2O/c26-23(25(21-13-14-21)17-18-7-2-1-3-8-18)24-16-15-20-11-6-10-19-9-4-5-12-22(19)20/h1-12,21H,13-17H2,(H,24,26). The number of benzene rings is 3. The Morgan fingerprint density at radius 1 is 0.923 bits per heavy atom. The van der Waals surface area contributed by atoms with E-state index >= 15 is 0 Å². The maximum Gasteiger partial charge on any atom is 0.317 e. The Morgan fingerprint density at radius 3 is 2.46 bits per heavy atom. The number of hydrogen-bond donors (Lipinski definition) is 1.